The number of amides is 2. The van der Waals surface area contributed by atoms with E-state index in [1.807, 2.05) is 0 Å². The average molecular weight is 347 g/mol. The molecular formula is C13H13BrF2N2O2. The number of hydrogen-bond donors (Lipinski definition) is 1. The number of carbonyl (C=O) groups excluding carboxylic acids is 2. The van der Waals surface area contributed by atoms with Gasteiger partial charge in [0.05, 0.1) is 12.2 Å². The van der Waals surface area contributed by atoms with E-state index in [2.05, 4.69) is 21.2 Å². The topological polar surface area (TPSA) is 49.4 Å². The molecule has 1 aromatic carbocycles. The zero-order chi connectivity index (χ0) is 15.0. The van der Waals surface area contributed by atoms with Crippen molar-refractivity contribution in [3.8, 4) is 0 Å². The second-order valence-corrected chi connectivity index (χ2v) is 5.74. The van der Waals surface area contributed by atoms with Crippen molar-refractivity contribution in [1.82, 2.24) is 5.32 Å². The third kappa shape index (κ3) is 2.54. The standard InChI is InChI=1S/C13H13BrF2N2O2/c1-6(2)11-13(20)17-5-10(19)18(11)12-8(14)3-7(15)4-9(12)16/h3-4,6,11H,5H2,1-2H3,(H,17,20). The van der Waals surface area contributed by atoms with Gasteiger partial charge < -0.3 is 5.32 Å². The Hall–Kier alpha value is -1.50. The van der Waals surface area contributed by atoms with Crippen molar-refractivity contribution in [3.05, 3.63) is 28.2 Å². The second kappa shape index (κ2) is 5.47. The number of carbonyl (C=O) groups is 2. The Kier molecular flexibility index (Phi) is 4.08. The normalized spacial score (nSPS) is 19.5. The summed E-state index contributed by atoms with van der Waals surface area (Å²) in [7, 11) is 0. The van der Waals surface area contributed by atoms with Gasteiger partial charge in [-0.2, -0.15) is 0 Å². The molecule has 2 amide bonds. The van der Waals surface area contributed by atoms with Gasteiger partial charge in [0.15, 0.2) is 5.82 Å². The van der Waals surface area contributed by atoms with Gasteiger partial charge in [0.25, 0.3) is 0 Å². The summed E-state index contributed by atoms with van der Waals surface area (Å²) in [6.07, 6.45) is 0. The molecule has 108 valence electrons. The van der Waals surface area contributed by atoms with Crippen molar-refractivity contribution >= 4 is 33.4 Å². The van der Waals surface area contributed by atoms with E-state index >= 15 is 0 Å². The van der Waals surface area contributed by atoms with E-state index < -0.39 is 23.6 Å². The number of nitrogens with zero attached hydrogens (tertiary/aromatic N) is 1. The van der Waals surface area contributed by atoms with Crippen LogP contribution in [0.3, 0.4) is 0 Å². The van der Waals surface area contributed by atoms with Gasteiger partial charge in [-0.25, -0.2) is 8.78 Å². The van der Waals surface area contributed by atoms with Crippen molar-refractivity contribution < 1.29 is 18.4 Å². The summed E-state index contributed by atoms with van der Waals surface area (Å²) in [6.45, 7) is 3.31. The van der Waals surface area contributed by atoms with Crippen LogP contribution >= 0.6 is 15.9 Å². The van der Waals surface area contributed by atoms with Crippen molar-refractivity contribution in [2.24, 2.45) is 5.92 Å². The molecule has 1 aliphatic heterocycles. The summed E-state index contributed by atoms with van der Waals surface area (Å²) in [5.74, 6) is -2.64. The van der Waals surface area contributed by atoms with Crippen molar-refractivity contribution in [2.45, 2.75) is 19.9 Å². The minimum Gasteiger partial charge on any atom is -0.345 e. The van der Waals surface area contributed by atoms with E-state index in [0.29, 0.717) is 6.07 Å². The highest BCUT2D eigenvalue weighted by molar-refractivity contribution is 9.10. The van der Waals surface area contributed by atoms with E-state index in [1.165, 1.54) is 0 Å². The molecule has 1 fully saturated rings. The Morgan fingerprint density at radius 3 is 2.55 bits per heavy atom. The van der Waals surface area contributed by atoms with E-state index in [4.69, 9.17) is 0 Å². The zero-order valence-corrected chi connectivity index (χ0v) is 12.5. The van der Waals surface area contributed by atoms with Crippen molar-refractivity contribution in [2.75, 3.05) is 11.4 Å². The summed E-state index contributed by atoms with van der Waals surface area (Å²) in [6, 6.07) is 0.930. The van der Waals surface area contributed by atoms with Gasteiger partial charge in [0.2, 0.25) is 11.8 Å². The van der Waals surface area contributed by atoms with Crippen LogP contribution in [0.4, 0.5) is 14.5 Å². The molecule has 1 unspecified atom stereocenters. The first kappa shape index (κ1) is 14.9. The minimum atomic E-state index is -0.884. The lowest BCUT2D eigenvalue weighted by Gasteiger charge is -2.37. The molecule has 7 heteroatoms. The molecule has 0 aromatic heterocycles. The molecule has 1 aliphatic rings. The summed E-state index contributed by atoms with van der Waals surface area (Å²) in [5, 5.41) is 2.47. The lowest BCUT2D eigenvalue weighted by molar-refractivity contribution is -0.131. The Morgan fingerprint density at radius 1 is 1.35 bits per heavy atom. The van der Waals surface area contributed by atoms with Gasteiger partial charge in [-0.15, -0.1) is 0 Å². The predicted octanol–water partition coefficient (Wildman–Crippen LogP) is 2.21. The quantitative estimate of drug-likeness (QED) is 0.892. The van der Waals surface area contributed by atoms with Crippen LogP contribution in [0.2, 0.25) is 0 Å². The van der Waals surface area contributed by atoms with E-state index in [-0.39, 0.29) is 28.5 Å². The SMILES string of the molecule is CC(C)C1C(=O)NCC(=O)N1c1c(F)cc(F)cc1Br. The number of benzene rings is 1. The van der Waals surface area contributed by atoms with Gasteiger partial charge in [-0.05, 0) is 27.9 Å². The minimum absolute atomic E-state index is 0.101. The summed E-state index contributed by atoms with van der Waals surface area (Å²) >= 11 is 3.05. The van der Waals surface area contributed by atoms with E-state index in [0.717, 1.165) is 11.0 Å². The fourth-order valence-electron chi connectivity index (χ4n) is 2.25. The third-order valence-electron chi connectivity index (χ3n) is 3.08. The summed E-state index contributed by atoms with van der Waals surface area (Å²) < 4.78 is 27.3. The average Bonchev–Trinajstić information content (AvgIpc) is 2.31. The van der Waals surface area contributed by atoms with Crippen LogP contribution in [0.15, 0.2) is 16.6 Å². The summed E-state index contributed by atoms with van der Waals surface area (Å²) in [5.41, 5.74) is -0.107. The second-order valence-electron chi connectivity index (χ2n) is 4.89. The number of piperazine rings is 1. The maximum Gasteiger partial charge on any atom is 0.247 e. The van der Waals surface area contributed by atoms with Crippen molar-refractivity contribution in [1.29, 1.82) is 0 Å². The first-order chi connectivity index (χ1) is 9.32. The first-order valence-corrected chi connectivity index (χ1v) is 6.86. The fourth-order valence-corrected chi connectivity index (χ4v) is 2.85. The molecule has 0 radical (unpaired) electrons. The Bertz CT molecular complexity index is 554. The van der Waals surface area contributed by atoms with E-state index in [9.17, 15) is 18.4 Å². The maximum absolute atomic E-state index is 14.0. The molecule has 1 N–H and O–H groups in total. The Labute approximate surface area is 123 Å². The van der Waals surface area contributed by atoms with E-state index in [1.54, 1.807) is 13.8 Å². The third-order valence-corrected chi connectivity index (χ3v) is 3.69. The Morgan fingerprint density at radius 2 is 2.00 bits per heavy atom. The molecule has 0 bridgehead atoms. The molecule has 0 aliphatic carbocycles. The number of hydrogen-bond acceptors (Lipinski definition) is 2. The largest absolute Gasteiger partial charge is 0.345 e. The van der Waals surface area contributed by atoms with Gasteiger partial charge >= 0.3 is 0 Å². The highest BCUT2D eigenvalue weighted by Crippen LogP contribution is 2.34. The molecular weight excluding hydrogens is 334 g/mol. The van der Waals surface area contributed by atoms with Crippen molar-refractivity contribution in [3.63, 3.8) is 0 Å². The Balaban J connectivity index is 2.57. The molecule has 1 atom stereocenters. The maximum atomic E-state index is 14.0. The van der Waals surface area contributed by atoms with Crippen LogP contribution in [0.25, 0.3) is 0 Å². The van der Waals surface area contributed by atoms with Crippen LogP contribution in [-0.4, -0.2) is 24.4 Å². The smallest absolute Gasteiger partial charge is 0.247 e. The van der Waals surface area contributed by atoms with Gasteiger partial charge in [0, 0.05) is 10.5 Å². The molecule has 0 saturated carbocycles. The predicted molar refractivity (Wildman–Crippen MR) is 73.2 cm³/mol. The van der Waals surface area contributed by atoms with Crippen LogP contribution in [-0.2, 0) is 9.59 Å². The zero-order valence-electron chi connectivity index (χ0n) is 10.9. The van der Waals surface area contributed by atoms with Crippen LogP contribution in [0, 0.1) is 17.6 Å². The highest BCUT2D eigenvalue weighted by Gasteiger charge is 2.39. The van der Waals surface area contributed by atoms with Crippen LogP contribution in [0.5, 0.6) is 0 Å². The molecule has 1 heterocycles. The summed E-state index contributed by atoms with van der Waals surface area (Å²) in [4.78, 5) is 25.1. The van der Waals surface area contributed by atoms with Crippen LogP contribution in [0.1, 0.15) is 13.8 Å². The number of halogens is 3. The number of nitrogens with one attached hydrogen (secondary N) is 1. The monoisotopic (exact) mass is 346 g/mol. The molecule has 20 heavy (non-hydrogen) atoms. The van der Waals surface area contributed by atoms with Gasteiger partial charge in [0.1, 0.15) is 11.9 Å². The highest BCUT2D eigenvalue weighted by atomic mass is 79.9. The van der Waals surface area contributed by atoms with Gasteiger partial charge in [-0.3, -0.25) is 14.5 Å². The molecule has 0 spiro atoms. The van der Waals surface area contributed by atoms with Gasteiger partial charge in [-0.1, -0.05) is 13.8 Å². The number of rotatable bonds is 2. The van der Waals surface area contributed by atoms with Crippen LogP contribution < -0.4 is 10.2 Å². The molecule has 2 rings (SSSR count). The number of anilines is 1. The fraction of sp³-hybridized carbons (Fsp3) is 0.385. The molecule has 1 aromatic rings. The lowest BCUT2D eigenvalue weighted by Crippen LogP contribution is -2.61. The molecule has 4 nitrogen and oxygen atoms in total. The first-order valence-electron chi connectivity index (χ1n) is 6.07. The molecule has 1 saturated heterocycles. The lowest BCUT2D eigenvalue weighted by atomic mass is 9.98.